The highest BCUT2D eigenvalue weighted by molar-refractivity contribution is 5.95. The van der Waals surface area contributed by atoms with Gasteiger partial charge in [0.1, 0.15) is 5.75 Å². The van der Waals surface area contributed by atoms with Crippen LogP contribution >= 0.6 is 0 Å². The molecule has 0 radical (unpaired) electrons. The zero-order valence-corrected chi connectivity index (χ0v) is 13.8. The summed E-state index contributed by atoms with van der Waals surface area (Å²) in [5.41, 5.74) is 0.785. The summed E-state index contributed by atoms with van der Waals surface area (Å²) in [6.45, 7) is 1.01. The predicted molar refractivity (Wildman–Crippen MR) is 91.3 cm³/mol. The van der Waals surface area contributed by atoms with Crippen LogP contribution in [-0.2, 0) is 15.1 Å². The highest BCUT2D eigenvalue weighted by Crippen LogP contribution is 2.42. The Kier molecular flexibility index (Phi) is 3.92. The van der Waals surface area contributed by atoms with E-state index in [1.165, 1.54) is 0 Å². The molecule has 2 aromatic carbocycles. The molecule has 0 saturated carbocycles. The van der Waals surface area contributed by atoms with Crippen LogP contribution in [-0.4, -0.2) is 36.5 Å². The van der Waals surface area contributed by atoms with E-state index in [-0.39, 0.29) is 18.5 Å². The summed E-state index contributed by atoms with van der Waals surface area (Å²) in [7, 11) is 0. The highest BCUT2D eigenvalue weighted by Gasteiger charge is 2.48. The van der Waals surface area contributed by atoms with Crippen molar-refractivity contribution in [2.45, 2.75) is 18.4 Å². The van der Waals surface area contributed by atoms with Gasteiger partial charge in [0.05, 0.1) is 12.1 Å². The molecule has 2 aliphatic rings. The number of esters is 1. The van der Waals surface area contributed by atoms with Crippen LogP contribution in [0.2, 0.25) is 0 Å². The second kappa shape index (κ2) is 6.24. The Labute approximate surface area is 146 Å². The minimum absolute atomic E-state index is 0.0182. The molecule has 128 valence electrons. The van der Waals surface area contributed by atoms with Crippen molar-refractivity contribution in [1.29, 1.82) is 0 Å². The Hall–Kier alpha value is -2.82. The number of hydrogen-bond acceptors (Lipinski definition) is 4. The van der Waals surface area contributed by atoms with Crippen molar-refractivity contribution in [3.8, 4) is 5.75 Å². The molecule has 0 N–H and O–H groups in total. The smallest absolute Gasteiger partial charge is 0.339 e. The molecule has 1 amide bonds. The number of piperidine rings is 1. The Morgan fingerprint density at radius 1 is 1.12 bits per heavy atom. The number of carbonyl (C=O) groups excluding carboxylic acids is 2. The fraction of sp³-hybridized carbons (Fsp3) is 0.300. The van der Waals surface area contributed by atoms with Gasteiger partial charge in [-0.05, 0) is 31.0 Å². The molecular formula is C20H19NO4. The number of para-hydroxylation sites is 1. The SMILES string of the molecule is O=C1O[C@]2(CCCN(C(=O)COc3ccccc3)C2)c2ccccc21. The molecule has 0 aliphatic carbocycles. The molecule has 4 rings (SSSR count). The van der Waals surface area contributed by atoms with E-state index in [9.17, 15) is 9.59 Å². The van der Waals surface area contributed by atoms with E-state index >= 15 is 0 Å². The van der Waals surface area contributed by atoms with Crippen molar-refractivity contribution in [3.05, 3.63) is 65.7 Å². The van der Waals surface area contributed by atoms with Crippen molar-refractivity contribution in [2.24, 2.45) is 0 Å². The monoisotopic (exact) mass is 337 g/mol. The second-order valence-electron chi connectivity index (χ2n) is 6.45. The van der Waals surface area contributed by atoms with E-state index in [4.69, 9.17) is 9.47 Å². The van der Waals surface area contributed by atoms with Crippen molar-refractivity contribution in [3.63, 3.8) is 0 Å². The molecule has 25 heavy (non-hydrogen) atoms. The first-order valence-corrected chi connectivity index (χ1v) is 8.46. The number of fused-ring (bicyclic) bond motifs is 2. The molecule has 0 unspecified atom stereocenters. The van der Waals surface area contributed by atoms with Gasteiger partial charge in [0, 0.05) is 12.1 Å². The van der Waals surface area contributed by atoms with E-state index < -0.39 is 5.60 Å². The summed E-state index contributed by atoms with van der Waals surface area (Å²) < 4.78 is 11.3. The van der Waals surface area contributed by atoms with Crippen molar-refractivity contribution < 1.29 is 19.1 Å². The average Bonchev–Trinajstić information content (AvgIpc) is 2.92. The van der Waals surface area contributed by atoms with Crippen LogP contribution in [0.3, 0.4) is 0 Å². The lowest BCUT2D eigenvalue weighted by molar-refractivity contribution is -0.140. The van der Waals surface area contributed by atoms with Gasteiger partial charge >= 0.3 is 5.97 Å². The van der Waals surface area contributed by atoms with E-state index in [2.05, 4.69) is 0 Å². The topological polar surface area (TPSA) is 55.8 Å². The van der Waals surface area contributed by atoms with Gasteiger partial charge in [0.15, 0.2) is 12.2 Å². The van der Waals surface area contributed by atoms with Crippen molar-refractivity contribution in [1.82, 2.24) is 4.90 Å². The third-order valence-electron chi connectivity index (χ3n) is 4.84. The fourth-order valence-electron chi connectivity index (χ4n) is 3.64. The molecule has 0 aromatic heterocycles. The zero-order chi connectivity index (χ0) is 17.3. The molecular weight excluding hydrogens is 318 g/mol. The highest BCUT2D eigenvalue weighted by atomic mass is 16.6. The van der Waals surface area contributed by atoms with Crippen LogP contribution in [0.4, 0.5) is 0 Å². The van der Waals surface area contributed by atoms with Gasteiger partial charge in [0.2, 0.25) is 0 Å². The lowest BCUT2D eigenvalue weighted by Gasteiger charge is -2.39. The van der Waals surface area contributed by atoms with Crippen LogP contribution in [0.15, 0.2) is 54.6 Å². The number of ether oxygens (including phenoxy) is 2. The third-order valence-corrected chi connectivity index (χ3v) is 4.84. The summed E-state index contributed by atoms with van der Waals surface area (Å²) >= 11 is 0. The van der Waals surface area contributed by atoms with Gasteiger partial charge in [-0.2, -0.15) is 0 Å². The van der Waals surface area contributed by atoms with Crippen molar-refractivity contribution in [2.75, 3.05) is 19.7 Å². The van der Waals surface area contributed by atoms with Gasteiger partial charge < -0.3 is 14.4 Å². The van der Waals surface area contributed by atoms with Gasteiger partial charge in [-0.15, -0.1) is 0 Å². The standard InChI is InChI=1S/C20H19NO4/c22-18(13-24-15-7-2-1-3-8-15)21-12-6-11-20(14-21)17-10-5-4-9-16(17)19(23)25-20/h1-5,7-10H,6,11-14H2/t20-/m0/s1. The number of benzene rings is 2. The van der Waals surface area contributed by atoms with Crippen molar-refractivity contribution >= 4 is 11.9 Å². The number of amides is 1. The first-order chi connectivity index (χ1) is 12.2. The van der Waals surface area contributed by atoms with E-state index in [1.54, 1.807) is 11.0 Å². The quantitative estimate of drug-likeness (QED) is 0.808. The average molecular weight is 337 g/mol. The lowest BCUT2D eigenvalue weighted by atomic mass is 9.85. The summed E-state index contributed by atoms with van der Waals surface area (Å²) in [6, 6.07) is 16.7. The first kappa shape index (κ1) is 15.7. The molecule has 2 heterocycles. The summed E-state index contributed by atoms with van der Waals surface area (Å²) in [6.07, 6.45) is 1.53. The maximum atomic E-state index is 12.6. The molecule has 1 spiro atoms. The summed E-state index contributed by atoms with van der Waals surface area (Å²) in [4.78, 5) is 26.5. The number of nitrogens with zero attached hydrogens (tertiary/aromatic N) is 1. The van der Waals surface area contributed by atoms with E-state index in [0.717, 1.165) is 18.4 Å². The molecule has 5 heteroatoms. The summed E-state index contributed by atoms with van der Waals surface area (Å²) in [5, 5.41) is 0. The summed E-state index contributed by atoms with van der Waals surface area (Å²) in [5.74, 6) is 0.272. The number of likely N-dealkylation sites (tertiary alicyclic amines) is 1. The maximum Gasteiger partial charge on any atom is 0.339 e. The van der Waals surface area contributed by atoms with Gasteiger partial charge in [-0.1, -0.05) is 36.4 Å². The Bertz CT molecular complexity index is 804. The Morgan fingerprint density at radius 2 is 1.88 bits per heavy atom. The molecule has 2 aliphatic heterocycles. The largest absolute Gasteiger partial charge is 0.484 e. The van der Waals surface area contributed by atoms with Crippen LogP contribution in [0.1, 0.15) is 28.8 Å². The molecule has 2 aromatic rings. The first-order valence-electron chi connectivity index (χ1n) is 8.46. The minimum atomic E-state index is -0.714. The number of rotatable bonds is 3. The van der Waals surface area contributed by atoms with E-state index in [0.29, 0.717) is 24.4 Å². The number of carbonyl (C=O) groups is 2. The maximum absolute atomic E-state index is 12.6. The van der Waals surface area contributed by atoms with Gasteiger partial charge in [-0.25, -0.2) is 4.79 Å². The van der Waals surface area contributed by atoms with E-state index in [1.807, 2.05) is 48.5 Å². The normalized spacial score (nSPS) is 21.8. The third kappa shape index (κ3) is 2.86. The molecule has 1 atom stereocenters. The van der Waals surface area contributed by atoms with Crippen LogP contribution in [0.25, 0.3) is 0 Å². The predicted octanol–water partition coefficient (Wildman–Crippen LogP) is 2.75. The van der Waals surface area contributed by atoms with Crippen LogP contribution in [0, 0.1) is 0 Å². The van der Waals surface area contributed by atoms with Crippen LogP contribution in [0.5, 0.6) is 5.75 Å². The Balaban J connectivity index is 1.48. The molecule has 5 nitrogen and oxygen atoms in total. The van der Waals surface area contributed by atoms with Gasteiger partial charge in [0.25, 0.3) is 5.91 Å². The lowest BCUT2D eigenvalue weighted by Crippen LogP contribution is -2.50. The number of hydrogen-bond donors (Lipinski definition) is 0. The molecule has 1 fully saturated rings. The van der Waals surface area contributed by atoms with Crippen LogP contribution < -0.4 is 4.74 Å². The fourth-order valence-corrected chi connectivity index (χ4v) is 3.64. The second-order valence-corrected chi connectivity index (χ2v) is 6.45. The molecule has 0 bridgehead atoms. The van der Waals surface area contributed by atoms with Gasteiger partial charge in [-0.3, -0.25) is 4.79 Å². The Morgan fingerprint density at radius 3 is 2.72 bits per heavy atom. The molecule has 1 saturated heterocycles. The zero-order valence-electron chi connectivity index (χ0n) is 13.8. The minimum Gasteiger partial charge on any atom is -0.484 e.